The number of para-hydroxylation sites is 1. The van der Waals surface area contributed by atoms with Crippen LogP contribution in [0.1, 0.15) is 17.9 Å². The van der Waals surface area contributed by atoms with Gasteiger partial charge in [0.1, 0.15) is 0 Å². The molecule has 4 nitrogen and oxygen atoms in total. The van der Waals surface area contributed by atoms with Crippen LogP contribution >= 0.6 is 0 Å². The Kier molecular flexibility index (Phi) is 3.05. The number of hydrogen-bond acceptors (Lipinski definition) is 3. The molecule has 0 amide bonds. The third-order valence-corrected chi connectivity index (χ3v) is 4.49. The van der Waals surface area contributed by atoms with Crippen molar-refractivity contribution in [1.29, 1.82) is 0 Å². The van der Waals surface area contributed by atoms with Gasteiger partial charge >= 0.3 is 0 Å². The lowest BCUT2D eigenvalue weighted by molar-refractivity contribution is -0.118. The Bertz CT molecular complexity index is 927. The Hall–Kier alpha value is -2.88. The van der Waals surface area contributed by atoms with E-state index in [2.05, 4.69) is 4.98 Å². The fourth-order valence-corrected chi connectivity index (χ4v) is 3.39. The van der Waals surface area contributed by atoms with Crippen molar-refractivity contribution in [3.8, 4) is 0 Å². The van der Waals surface area contributed by atoms with Crippen LogP contribution in [0.25, 0.3) is 10.9 Å². The number of fused-ring (bicyclic) bond motifs is 1. The fraction of sp³-hybridized carbons (Fsp3) is 0.158. The molecule has 0 bridgehead atoms. The van der Waals surface area contributed by atoms with Crippen LogP contribution < -0.4 is 0 Å². The molecule has 1 aromatic carbocycles. The van der Waals surface area contributed by atoms with E-state index in [-0.39, 0.29) is 23.2 Å². The van der Waals surface area contributed by atoms with Crippen molar-refractivity contribution in [2.75, 3.05) is 7.11 Å². The van der Waals surface area contributed by atoms with Crippen molar-refractivity contribution in [3.63, 3.8) is 0 Å². The van der Waals surface area contributed by atoms with E-state index < -0.39 is 0 Å². The summed E-state index contributed by atoms with van der Waals surface area (Å²) in [6.07, 6.45) is 7.66. The molecular formula is C19H15NO3. The van der Waals surface area contributed by atoms with E-state index in [4.69, 9.17) is 4.74 Å². The van der Waals surface area contributed by atoms with Gasteiger partial charge in [0.05, 0.1) is 7.11 Å². The topological polar surface area (TPSA) is 59.2 Å². The van der Waals surface area contributed by atoms with Gasteiger partial charge in [-0.15, -0.1) is 0 Å². The van der Waals surface area contributed by atoms with Crippen LogP contribution in [-0.2, 0) is 14.3 Å². The SMILES string of the molecule is COC1=CC(=O)C2=C(C1=O)C(c1c[nH]c3ccccc13)C=CC2. The molecule has 0 aliphatic heterocycles. The number of ether oxygens (including phenoxy) is 1. The summed E-state index contributed by atoms with van der Waals surface area (Å²) in [6, 6.07) is 7.95. The van der Waals surface area contributed by atoms with E-state index in [1.807, 2.05) is 42.6 Å². The molecule has 1 heterocycles. The fourth-order valence-electron chi connectivity index (χ4n) is 3.39. The van der Waals surface area contributed by atoms with E-state index in [0.29, 0.717) is 17.6 Å². The van der Waals surface area contributed by atoms with E-state index in [1.54, 1.807) is 0 Å². The molecule has 2 aliphatic carbocycles. The van der Waals surface area contributed by atoms with Crippen LogP contribution in [0.4, 0.5) is 0 Å². The third-order valence-electron chi connectivity index (χ3n) is 4.49. The predicted octanol–water partition coefficient (Wildman–Crippen LogP) is 3.19. The number of carbonyl (C=O) groups excluding carboxylic acids is 2. The predicted molar refractivity (Wildman–Crippen MR) is 86.9 cm³/mol. The van der Waals surface area contributed by atoms with Gasteiger partial charge < -0.3 is 9.72 Å². The maximum atomic E-state index is 12.7. The van der Waals surface area contributed by atoms with Crippen LogP contribution in [0.3, 0.4) is 0 Å². The van der Waals surface area contributed by atoms with Crippen molar-refractivity contribution in [2.24, 2.45) is 0 Å². The molecule has 4 heteroatoms. The summed E-state index contributed by atoms with van der Waals surface area (Å²) in [5, 5.41) is 1.06. The first-order valence-corrected chi connectivity index (χ1v) is 7.51. The highest BCUT2D eigenvalue weighted by Gasteiger charge is 2.35. The molecule has 1 unspecified atom stereocenters. The smallest absolute Gasteiger partial charge is 0.225 e. The van der Waals surface area contributed by atoms with Crippen molar-refractivity contribution in [1.82, 2.24) is 4.98 Å². The first-order valence-electron chi connectivity index (χ1n) is 7.51. The largest absolute Gasteiger partial charge is 0.493 e. The lowest BCUT2D eigenvalue weighted by Crippen LogP contribution is -2.25. The Morgan fingerprint density at radius 3 is 2.87 bits per heavy atom. The van der Waals surface area contributed by atoms with Crippen molar-refractivity contribution < 1.29 is 14.3 Å². The summed E-state index contributed by atoms with van der Waals surface area (Å²) in [7, 11) is 1.42. The minimum atomic E-state index is -0.231. The summed E-state index contributed by atoms with van der Waals surface area (Å²) in [5.74, 6) is -0.438. The number of aromatic nitrogens is 1. The molecule has 0 saturated heterocycles. The number of Topliss-reactive ketones (excluding diaryl/α,β-unsaturated/α-hetero) is 1. The highest BCUT2D eigenvalue weighted by atomic mass is 16.5. The highest BCUT2D eigenvalue weighted by Crippen LogP contribution is 2.40. The number of hydrogen-bond donors (Lipinski definition) is 1. The molecule has 23 heavy (non-hydrogen) atoms. The van der Waals surface area contributed by atoms with Crippen LogP contribution in [0.15, 0.2) is 65.6 Å². The van der Waals surface area contributed by atoms with Crippen LogP contribution in [-0.4, -0.2) is 23.7 Å². The summed E-state index contributed by atoms with van der Waals surface area (Å²) in [6.45, 7) is 0. The summed E-state index contributed by atoms with van der Waals surface area (Å²) in [4.78, 5) is 28.3. The second kappa shape index (κ2) is 5.09. The third kappa shape index (κ3) is 1.99. The average Bonchev–Trinajstić information content (AvgIpc) is 3.01. The first-order chi connectivity index (χ1) is 11.2. The summed E-state index contributed by atoms with van der Waals surface area (Å²) in [5.41, 5.74) is 3.14. The van der Waals surface area contributed by atoms with Gasteiger partial charge in [-0.05, 0) is 18.1 Å². The average molecular weight is 305 g/mol. The number of H-pyrrole nitrogens is 1. The number of methoxy groups -OCH3 is 1. The molecular weight excluding hydrogens is 290 g/mol. The lowest BCUT2D eigenvalue weighted by atomic mass is 9.77. The van der Waals surface area contributed by atoms with Crippen molar-refractivity contribution in [2.45, 2.75) is 12.3 Å². The minimum Gasteiger partial charge on any atom is -0.493 e. The van der Waals surface area contributed by atoms with Crippen LogP contribution in [0.2, 0.25) is 0 Å². The number of carbonyl (C=O) groups is 2. The molecule has 4 rings (SSSR count). The second-order valence-corrected chi connectivity index (χ2v) is 5.70. The Balaban J connectivity index is 1.89. The van der Waals surface area contributed by atoms with E-state index in [0.717, 1.165) is 16.5 Å². The summed E-state index contributed by atoms with van der Waals surface area (Å²) < 4.78 is 5.10. The zero-order chi connectivity index (χ0) is 16.0. The normalized spacial score (nSPS) is 20.7. The quantitative estimate of drug-likeness (QED) is 0.684. The minimum absolute atomic E-state index is 0.119. The highest BCUT2D eigenvalue weighted by molar-refractivity contribution is 6.23. The molecule has 2 aliphatic rings. The number of benzene rings is 1. The molecule has 0 radical (unpaired) electrons. The lowest BCUT2D eigenvalue weighted by Gasteiger charge is -2.26. The van der Waals surface area contributed by atoms with Crippen LogP contribution in [0.5, 0.6) is 0 Å². The van der Waals surface area contributed by atoms with Gasteiger partial charge in [-0.3, -0.25) is 9.59 Å². The van der Waals surface area contributed by atoms with Gasteiger partial charge in [0.15, 0.2) is 11.5 Å². The zero-order valence-electron chi connectivity index (χ0n) is 12.6. The molecule has 114 valence electrons. The molecule has 0 saturated carbocycles. The van der Waals surface area contributed by atoms with E-state index in [9.17, 15) is 9.59 Å². The number of allylic oxidation sites excluding steroid dienone is 5. The monoisotopic (exact) mass is 305 g/mol. The van der Waals surface area contributed by atoms with Gasteiger partial charge in [-0.25, -0.2) is 0 Å². The Labute approximate surface area is 133 Å². The number of nitrogens with one attached hydrogen (secondary N) is 1. The summed E-state index contributed by atoms with van der Waals surface area (Å²) >= 11 is 0. The van der Waals surface area contributed by atoms with E-state index >= 15 is 0 Å². The van der Waals surface area contributed by atoms with Gasteiger partial charge in [0.25, 0.3) is 0 Å². The van der Waals surface area contributed by atoms with Gasteiger partial charge in [-0.2, -0.15) is 0 Å². The second-order valence-electron chi connectivity index (χ2n) is 5.70. The maximum Gasteiger partial charge on any atom is 0.225 e. The molecule has 1 atom stereocenters. The van der Waals surface area contributed by atoms with Gasteiger partial charge in [0, 0.05) is 40.2 Å². The molecule has 2 aromatic rings. The van der Waals surface area contributed by atoms with Crippen molar-refractivity contribution in [3.05, 3.63) is 71.2 Å². The molecule has 1 aromatic heterocycles. The zero-order valence-corrected chi connectivity index (χ0v) is 12.6. The molecule has 0 fully saturated rings. The van der Waals surface area contributed by atoms with Crippen molar-refractivity contribution >= 4 is 22.5 Å². The number of rotatable bonds is 2. The standard InChI is InChI=1S/C19H15NO3/c1-23-17-9-16(21)13-7-4-6-12(18(13)19(17)22)14-10-20-15-8-3-2-5-11(14)15/h2-6,8-10,12,20H,7H2,1H3. The Morgan fingerprint density at radius 1 is 1.22 bits per heavy atom. The number of ketones is 2. The van der Waals surface area contributed by atoms with E-state index in [1.165, 1.54) is 13.2 Å². The first kappa shape index (κ1) is 13.8. The Morgan fingerprint density at radius 2 is 2.04 bits per heavy atom. The molecule has 0 spiro atoms. The maximum absolute atomic E-state index is 12.7. The van der Waals surface area contributed by atoms with Gasteiger partial charge in [0.2, 0.25) is 5.78 Å². The molecule has 1 N–H and O–H groups in total. The van der Waals surface area contributed by atoms with Crippen LogP contribution in [0, 0.1) is 0 Å². The number of aromatic amines is 1. The van der Waals surface area contributed by atoms with Gasteiger partial charge in [-0.1, -0.05) is 30.4 Å².